The summed E-state index contributed by atoms with van der Waals surface area (Å²) in [5, 5.41) is 0. The van der Waals surface area contributed by atoms with Crippen LogP contribution in [0, 0.1) is 0 Å². The lowest BCUT2D eigenvalue weighted by Crippen LogP contribution is -2.28. The first kappa shape index (κ1) is 12.5. The van der Waals surface area contributed by atoms with Crippen molar-refractivity contribution in [1.82, 2.24) is 0 Å². The van der Waals surface area contributed by atoms with Crippen molar-refractivity contribution < 1.29 is 4.79 Å². The lowest BCUT2D eigenvalue weighted by molar-refractivity contribution is 0.0989. The van der Waals surface area contributed by atoms with E-state index in [0.29, 0.717) is 0 Å². The third-order valence-electron chi connectivity index (χ3n) is 4.65. The second-order valence-electron chi connectivity index (χ2n) is 5.89. The van der Waals surface area contributed by atoms with E-state index in [1.165, 1.54) is 17.5 Å². The summed E-state index contributed by atoms with van der Waals surface area (Å²) in [5.41, 5.74) is 12.4. The monoisotopic (exact) mass is 278 g/mol. The Morgan fingerprint density at radius 1 is 1.05 bits per heavy atom. The van der Waals surface area contributed by atoms with Crippen LogP contribution < -0.4 is 10.6 Å². The summed E-state index contributed by atoms with van der Waals surface area (Å²) in [6.45, 7) is 0.722. The van der Waals surface area contributed by atoms with E-state index >= 15 is 0 Å². The molecule has 3 heteroatoms. The number of amides is 1. The first-order valence-electron chi connectivity index (χ1n) is 7.55. The second kappa shape index (κ2) is 4.62. The van der Waals surface area contributed by atoms with Crippen LogP contribution in [-0.4, -0.2) is 12.5 Å². The Morgan fingerprint density at radius 3 is 2.81 bits per heavy atom. The molecule has 21 heavy (non-hydrogen) atoms. The molecule has 0 atom stereocenters. The number of benzene rings is 2. The molecule has 1 aliphatic heterocycles. The third-order valence-corrected chi connectivity index (χ3v) is 4.65. The minimum Gasteiger partial charge on any atom is -0.398 e. The molecule has 2 N–H and O–H groups in total. The van der Waals surface area contributed by atoms with Gasteiger partial charge < -0.3 is 10.6 Å². The van der Waals surface area contributed by atoms with Gasteiger partial charge in [0.25, 0.3) is 5.91 Å². The van der Waals surface area contributed by atoms with Crippen LogP contribution in [0.25, 0.3) is 0 Å². The van der Waals surface area contributed by atoms with Crippen LogP contribution in [-0.2, 0) is 19.3 Å². The summed E-state index contributed by atoms with van der Waals surface area (Å²) in [7, 11) is 0. The van der Waals surface area contributed by atoms with E-state index in [0.717, 1.165) is 48.3 Å². The van der Waals surface area contributed by atoms with E-state index in [9.17, 15) is 4.79 Å². The molecule has 0 spiro atoms. The number of hydrogen-bond acceptors (Lipinski definition) is 2. The zero-order valence-corrected chi connectivity index (χ0v) is 11.9. The maximum absolute atomic E-state index is 12.8. The maximum atomic E-state index is 12.8. The smallest absolute Gasteiger partial charge is 0.258 e. The van der Waals surface area contributed by atoms with Crippen LogP contribution in [0.5, 0.6) is 0 Å². The van der Waals surface area contributed by atoms with E-state index in [2.05, 4.69) is 12.1 Å². The molecular weight excluding hydrogens is 260 g/mol. The number of nitrogen functional groups attached to an aromatic ring is 1. The fourth-order valence-corrected chi connectivity index (χ4v) is 3.53. The topological polar surface area (TPSA) is 46.3 Å². The molecular formula is C18H18N2O. The van der Waals surface area contributed by atoms with Crippen molar-refractivity contribution in [2.75, 3.05) is 17.2 Å². The fraction of sp³-hybridized carbons (Fsp3) is 0.278. The van der Waals surface area contributed by atoms with Crippen molar-refractivity contribution >= 4 is 17.3 Å². The molecule has 1 aliphatic carbocycles. The molecule has 0 saturated heterocycles. The Balaban J connectivity index is 1.70. The molecule has 0 saturated carbocycles. The highest BCUT2D eigenvalue weighted by Crippen LogP contribution is 2.33. The van der Waals surface area contributed by atoms with Gasteiger partial charge >= 0.3 is 0 Å². The highest BCUT2D eigenvalue weighted by molar-refractivity contribution is 6.07. The van der Waals surface area contributed by atoms with Gasteiger partial charge in [0.2, 0.25) is 0 Å². The predicted molar refractivity (Wildman–Crippen MR) is 84.7 cm³/mol. The highest BCUT2D eigenvalue weighted by Gasteiger charge is 2.27. The van der Waals surface area contributed by atoms with Gasteiger partial charge in [0.05, 0.1) is 0 Å². The van der Waals surface area contributed by atoms with Gasteiger partial charge in [0, 0.05) is 29.0 Å². The van der Waals surface area contributed by atoms with E-state index < -0.39 is 0 Å². The van der Waals surface area contributed by atoms with Gasteiger partial charge in [-0.1, -0.05) is 12.1 Å². The Bertz CT molecular complexity index is 736. The van der Waals surface area contributed by atoms with Gasteiger partial charge in [0.1, 0.15) is 0 Å². The van der Waals surface area contributed by atoms with Crippen LogP contribution in [0.1, 0.15) is 33.5 Å². The molecule has 0 unspecified atom stereocenters. The minimum atomic E-state index is 0.0917. The number of fused-ring (bicyclic) bond motifs is 2. The van der Waals surface area contributed by atoms with Crippen LogP contribution in [0.4, 0.5) is 11.4 Å². The number of carbonyl (C=O) groups excluding carboxylic acids is 1. The maximum Gasteiger partial charge on any atom is 0.258 e. The molecule has 4 rings (SSSR count). The van der Waals surface area contributed by atoms with Gasteiger partial charge in [-0.15, -0.1) is 0 Å². The number of rotatable bonds is 1. The van der Waals surface area contributed by atoms with E-state index in [1.54, 1.807) is 0 Å². The van der Waals surface area contributed by atoms with Gasteiger partial charge in [-0.05, 0) is 61.1 Å². The van der Waals surface area contributed by atoms with Crippen LogP contribution in [0.2, 0.25) is 0 Å². The summed E-state index contributed by atoms with van der Waals surface area (Å²) in [5.74, 6) is 0.0917. The molecule has 2 aromatic carbocycles. The van der Waals surface area contributed by atoms with Crippen molar-refractivity contribution in [1.29, 1.82) is 0 Å². The van der Waals surface area contributed by atoms with E-state index in [4.69, 9.17) is 5.73 Å². The molecule has 0 aromatic heterocycles. The average Bonchev–Trinajstić information content (AvgIpc) is 3.13. The molecule has 0 radical (unpaired) electrons. The van der Waals surface area contributed by atoms with E-state index in [1.807, 2.05) is 29.2 Å². The van der Waals surface area contributed by atoms with Crippen molar-refractivity contribution in [2.45, 2.75) is 25.7 Å². The number of nitrogens with two attached hydrogens (primary N) is 1. The summed E-state index contributed by atoms with van der Waals surface area (Å²) in [6, 6.07) is 12.0. The summed E-state index contributed by atoms with van der Waals surface area (Å²) < 4.78 is 0. The number of anilines is 2. The molecule has 106 valence electrons. The first-order chi connectivity index (χ1) is 10.2. The number of carbonyl (C=O) groups is 1. The summed E-state index contributed by atoms with van der Waals surface area (Å²) in [4.78, 5) is 14.7. The molecule has 2 aromatic rings. The quantitative estimate of drug-likeness (QED) is 0.815. The molecule has 1 amide bonds. The van der Waals surface area contributed by atoms with Crippen LogP contribution >= 0.6 is 0 Å². The van der Waals surface area contributed by atoms with Crippen LogP contribution in [0.15, 0.2) is 36.4 Å². The van der Waals surface area contributed by atoms with E-state index in [-0.39, 0.29) is 5.91 Å². The third kappa shape index (κ3) is 1.92. The normalized spacial score (nSPS) is 15.9. The number of aryl methyl sites for hydroxylation is 2. The minimum absolute atomic E-state index is 0.0917. The Morgan fingerprint density at radius 2 is 1.90 bits per heavy atom. The molecule has 0 bridgehead atoms. The average molecular weight is 278 g/mol. The van der Waals surface area contributed by atoms with Crippen molar-refractivity contribution in [3.63, 3.8) is 0 Å². The predicted octanol–water partition coefficient (Wildman–Crippen LogP) is 2.96. The number of nitrogens with zero attached hydrogens (tertiary/aromatic N) is 1. The largest absolute Gasteiger partial charge is 0.398 e. The summed E-state index contributed by atoms with van der Waals surface area (Å²) in [6.07, 6.45) is 4.29. The number of hydrogen-bond donors (Lipinski definition) is 1. The molecule has 2 aliphatic rings. The van der Waals surface area contributed by atoms with Crippen molar-refractivity contribution in [3.8, 4) is 0 Å². The van der Waals surface area contributed by atoms with Gasteiger partial charge in [-0.2, -0.15) is 0 Å². The Labute approximate surface area is 124 Å². The summed E-state index contributed by atoms with van der Waals surface area (Å²) >= 11 is 0. The highest BCUT2D eigenvalue weighted by atomic mass is 16.2. The zero-order valence-electron chi connectivity index (χ0n) is 11.9. The second-order valence-corrected chi connectivity index (χ2v) is 5.89. The van der Waals surface area contributed by atoms with Gasteiger partial charge in [-0.3, -0.25) is 4.79 Å². The van der Waals surface area contributed by atoms with Crippen molar-refractivity contribution in [2.24, 2.45) is 0 Å². The SMILES string of the molecule is Nc1cccc2c1CCN2C(=O)c1ccc2c(c1)CCC2. The van der Waals surface area contributed by atoms with Crippen LogP contribution in [0.3, 0.4) is 0 Å². The zero-order chi connectivity index (χ0) is 14.4. The van der Waals surface area contributed by atoms with Gasteiger partial charge in [0.15, 0.2) is 0 Å². The standard InChI is InChI=1S/C18H18N2O/c19-16-5-2-6-17-15(16)9-10-20(17)18(21)14-8-7-12-3-1-4-13(12)11-14/h2,5-8,11H,1,3-4,9-10,19H2. The Kier molecular flexibility index (Phi) is 2.74. The molecule has 0 fully saturated rings. The first-order valence-corrected chi connectivity index (χ1v) is 7.55. The lowest BCUT2D eigenvalue weighted by Gasteiger charge is -2.18. The lowest BCUT2D eigenvalue weighted by atomic mass is 10.1. The molecule has 3 nitrogen and oxygen atoms in total. The molecule has 1 heterocycles. The Hall–Kier alpha value is -2.29. The van der Waals surface area contributed by atoms with Crippen molar-refractivity contribution in [3.05, 3.63) is 58.7 Å². The van der Waals surface area contributed by atoms with Gasteiger partial charge in [-0.25, -0.2) is 0 Å². The fourth-order valence-electron chi connectivity index (χ4n) is 3.53.